The van der Waals surface area contributed by atoms with E-state index in [1.807, 2.05) is 0 Å². The van der Waals surface area contributed by atoms with Crippen molar-refractivity contribution in [3.05, 3.63) is 64.7 Å². The third-order valence-electron chi connectivity index (χ3n) is 3.41. The summed E-state index contributed by atoms with van der Waals surface area (Å²) in [6.45, 7) is 0.109. The zero-order chi connectivity index (χ0) is 19.5. The Hall–Kier alpha value is -1.84. The normalized spacial score (nSPS) is 11.9. The van der Waals surface area contributed by atoms with Crippen LogP contribution in [0.15, 0.2) is 48.5 Å². The molecule has 0 saturated heterocycles. The molecule has 140 valence electrons. The van der Waals surface area contributed by atoms with Gasteiger partial charge in [0.2, 0.25) is 0 Å². The Labute approximate surface area is 159 Å². The fourth-order valence-corrected chi connectivity index (χ4v) is 3.03. The summed E-state index contributed by atoms with van der Waals surface area (Å²) in [5.41, 5.74) is -4.50. The van der Waals surface area contributed by atoms with E-state index in [-0.39, 0.29) is 12.2 Å². The Balaban J connectivity index is 2.22. The van der Waals surface area contributed by atoms with Gasteiger partial charge in [-0.25, -0.2) is 0 Å². The van der Waals surface area contributed by atoms with Gasteiger partial charge in [0.15, 0.2) is 0 Å². The average Bonchev–Trinajstić information content (AvgIpc) is 2.55. The summed E-state index contributed by atoms with van der Waals surface area (Å²) >= 11 is 11.2. The number of halogens is 4. The molecule has 0 radical (unpaired) electrons. The van der Waals surface area contributed by atoms with Gasteiger partial charge in [-0.3, -0.25) is 4.72 Å². The molecule has 0 aliphatic carbocycles. The van der Waals surface area contributed by atoms with E-state index in [0.717, 1.165) is 0 Å². The molecule has 1 N–H and O–H groups in total. The molecular weight excluding hydrogens is 409 g/mol. The predicted molar refractivity (Wildman–Crippen MR) is 99.7 cm³/mol. The maximum Gasteiger partial charge on any atom is 0.516 e. The number of thiocarbonyl (C=S) groups is 1. The summed E-state index contributed by atoms with van der Waals surface area (Å²) in [4.78, 5) is 2.06. The van der Waals surface area contributed by atoms with Crippen LogP contribution in [-0.2, 0) is 16.6 Å². The lowest BCUT2D eigenvalue weighted by Crippen LogP contribution is -2.31. The number of sulfonamides is 1. The molecular formula is C16H14ClF3N2O2S2. The van der Waals surface area contributed by atoms with Crippen molar-refractivity contribution in [3.63, 3.8) is 0 Å². The van der Waals surface area contributed by atoms with Crippen molar-refractivity contribution < 1.29 is 21.6 Å². The SMILES string of the molecule is CN(Cc1ccccc1NS(=O)(=O)C(F)(F)F)C(=S)c1ccc(Cl)cc1. The fourth-order valence-electron chi connectivity index (χ4n) is 2.10. The van der Waals surface area contributed by atoms with Crippen LogP contribution in [0.2, 0.25) is 5.02 Å². The molecule has 4 nitrogen and oxygen atoms in total. The second-order valence-electron chi connectivity index (χ2n) is 5.38. The molecule has 2 aromatic rings. The van der Waals surface area contributed by atoms with E-state index in [9.17, 15) is 21.6 Å². The molecule has 26 heavy (non-hydrogen) atoms. The van der Waals surface area contributed by atoms with E-state index in [1.54, 1.807) is 47.0 Å². The Morgan fingerprint density at radius 2 is 1.73 bits per heavy atom. The predicted octanol–water partition coefficient (Wildman–Crippen LogP) is 4.41. The minimum Gasteiger partial charge on any atom is -0.361 e. The number of hydrogen-bond donors (Lipinski definition) is 1. The van der Waals surface area contributed by atoms with Crippen molar-refractivity contribution in [2.45, 2.75) is 12.1 Å². The number of para-hydroxylation sites is 1. The van der Waals surface area contributed by atoms with Gasteiger partial charge in [0.05, 0.1) is 5.69 Å². The van der Waals surface area contributed by atoms with Crippen molar-refractivity contribution in [1.82, 2.24) is 4.90 Å². The summed E-state index contributed by atoms with van der Waals surface area (Å²) in [5.74, 6) is 0. The van der Waals surface area contributed by atoms with Crippen molar-refractivity contribution in [3.8, 4) is 0 Å². The Bertz CT molecular complexity index is 900. The first-order chi connectivity index (χ1) is 12.0. The fraction of sp³-hybridized carbons (Fsp3) is 0.188. The molecule has 0 spiro atoms. The lowest BCUT2D eigenvalue weighted by atomic mass is 10.1. The van der Waals surface area contributed by atoms with E-state index in [4.69, 9.17) is 23.8 Å². The van der Waals surface area contributed by atoms with Gasteiger partial charge in [-0.1, -0.05) is 54.2 Å². The highest BCUT2D eigenvalue weighted by Crippen LogP contribution is 2.27. The standard InChI is InChI=1S/C16H14ClF3N2O2S2/c1-22(15(25)11-6-8-13(17)9-7-11)10-12-4-2-3-5-14(12)21-26(23,24)16(18,19)20/h2-9,21H,10H2,1H3. The van der Waals surface area contributed by atoms with E-state index in [2.05, 4.69) is 0 Å². The van der Waals surface area contributed by atoms with Crippen LogP contribution in [0.25, 0.3) is 0 Å². The molecule has 0 aromatic heterocycles. The summed E-state index contributed by atoms with van der Waals surface area (Å²) in [6, 6.07) is 12.6. The third-order valence-corrected chi connectivity index (χ3v) is 5.31. The summed E-state index contributed by atoms with van der Waals surface area (Å²) in [7, 11) is -3.84. The minimum absolute atomic E-state index is 0.109. The van der Waals surface area contributed by atoms with Gasteiger partial charge < -0.3 is 4.90 Å². The highest BCUT2D eigenvalue weighted by atomic mass is 35.5. The number of nitrogens with zero attached hydrogens (tertiary/aromatic N) is 1. The van der Waals surface area contributed by atoms with Crippen LogP contribution in [0.3, 0.4) is 0 Å². The number of rotatable bonds is 5. The average molecular weight is 423 g/mol. The van der Waals surface area contributed by atoms with E-state index in [0.29, 0.717) is 21.1 Å². The van der Waals surface area contributed by atoms with Crippen LogP contribution in [0, 0.1) is 0 Å². The van der Waals surface area contributed by atoms with Gasteiger partial charge in [-0.15, -0.1) is 0 Å². The van der Waals surface area contributed by atoms with Crippen LogP contribution in [0.1, 0.15) is 11.1 Å². The molecule has 0 unspecified atom stereocenters. The molecule has 10 heteroatoms. The summed E-state index contributed by atoms with van der Waals surface area (Å²) in [6.07, 6.45) is 0. The van der Waals surface area contributed by atoms with Crippen LogP contribution >= 0.6 is 23.8 Å². The molecule has 0 aliphatic rings. The molecule has 0 amide bonds. The molecule has 2 rings (SSSR count). The van der Waals surface area contributed by atoms with Crippen LogP contribution in [-0.4, -0.2) is 30.9 Å². The number of benzene rings is 2. The highest BCUT2D eigenvalue weighted by molar-refractivity contribution is 7.93. The maximum atomic E-state index is 12.6. The number of nitrogens with one attached hydrogen (secondary N) is 1. The maximum absolute atomic E-state index is 12.6. The van der Waals surface area contributed by atoms with E-state index in [1.165, 1.54) is 18.2 Å². The van der Waals surface area contributed by atoms with E-state index >= 15 is 0 Å². The summed E-state index contributed by atoms with van der Waals surface area (Å²) < 4.78 is 62.1. The van der Waals surface area contributed by atoms with Gasteiger partial charge in [-0.05, 0) is 23.8 Å². The lowest BCUT2D eigenvalue weighted by Gasteiger charge is -2.22. The van der Waals surface area contributed by atoms with Gasteiger partial charge in [0.25, 0.3) is 0 Å². The Morgan fingerprint density at radius 1 is 1.15 bits per heavy atom. The molecule has 0 fully saturated rings. The first-order valence-corrected chi connectivity index (χ1v) is 9.46. The molecule has 0 heterocycles. The van der Waals surface area contributed by atoms with Crippen molar-refractivity contribution in [1.29, 1.82) is 0 Å². The number of anilines is 1. The van der Waals surface area contributed by atoms with Crippen molar-refractivity contribution in [2.75, 3.05) is 11.8 Å². The third kappa shape index (κ3) is 4.87. The van der Waals surface area contributed by atoms with Crippen molar-refractivity contribution in [2.24, 2.45) is 0 Å². The van der Waals surface area contributed by atoms with E-state index < -0.39 is 15.5 Å². The molecule has 0 bridgehead atoms. The van der Waals surface area contributed by atoms with Crippen LogP contribution in [0.4, 0.5) is 18.9 Å². The molecule has 2 aromatic carbocycles. The quantitative estimate of drug-likeness (QED) is 0.725. The Kier molecular flexibility index (Phi) is 6.15. The molecule has 0 saturated carbocycles. The second kappa shape index (κ2) is 7.81. The van der Waals surface area contributed by atoms with Crippen LogP contribution < -0.4 is 4.72 Å². The first-order valence-electron chi connectivity index (χ1n) is 7.19. The zero-order valence-corrected chi connectivity index (χ0v) is 15.8. The second-order valence-corrected chi connectivity index (χ2v) is 7.87. The largest absolute Gasteiger partial charge is 0.516 e. The number of alkyl halides is 3. The highest BCUT2D eigenvalue weighted by Gasteiger charge is 2.46. The number of hydrogen-bond acceptors (Lipinski definition) is 3. The summed E-state index contributed by atoms with van der Waals surface area (Å²) in [5, 5.41) is 0.547. The Morgan fingerprint density at radius 3 is 2.31 bits per heavy atom. The van der Waals surface area contributed by atoms with Crippen molar-refractivity contribution >= 4 is 44.5 Å². The van der Waals surface area contributed by atoms with Gasteiger partial charge in [-0.2, -0.15) is 21.6 Å². The monoisotopic (exact) mass is 422 g/mol. The molecule has 0 aliphatic heterocycles. The van der Waals surface area contributed by atoms with Gasteiger partial charge in [0.1, 0.15) is 4.99 Å². The molecule has 0 atom stereocenters. The smallest absolute Gasteiger partial charge is 0.361 e. The van der Waals surface area contributed by atoms with Gasteiger partial charge in [0, 0.05) is 24.2 Å². The topological polar surface area (TPSA) is 49.4 Å². The first kappa shape index (κ1) is 20.5. The van der Waals surface area contributed by atoms with Crippen LogP contribution in [0.5, 0.6) is 0 Å². The minimum atomic E-state index is -5.50. The van der Waals surface area contributed by atoms with Gasteiger partial charge >= 0.3 is 15.5 Å². The lowest BCUT2D eigenvalue weighted by molar-refractivity contribution is -0.0429. The zero-order valence-electron chi connectivity index (χ0n) is 13.4.